The maximum Gasteiger partial charge on any atom is 0.397 e. The van der Waals surface area contributed by atoms with E-state index in [1.165, 1.54) is 34.0 Å². The third kappa shape index (κ3) is 5.19. The molecule has 0 saturated heterocycles. The number of nitrogens with one attached hydrogen (secondary N) is 2. The third-order valence-electron chi connectivity index (χ3n) is 3.80. The number of thiophene rings is 3. The number of amides is 2. The number of anilines is 2. The first-order valence-corrected chi connectivity index (χ1v) is 11.7. The van der Waals surface area contributed by atoms with Crippen LogP contribution in [0.25, 0.3) is 19.5 Å². The van der Waals surface area contributed by atoms with E-state index >= 15 is 0 Å². The van der Waals surface area contributed by atoms with Crippen molar-refractivity contribution in [2.45, 2.75) is 13.8 Å². The summed E-state index contributed by atoms with van der Waals surface area (Å²) in [5.41, 5.74) is 0.429. The van der Waals surface area contributed by atoms with Crippen LogP contribution in [-0.2, 0) is 28.7 Å². The van der Waals surface area contributed by atoms with E-state index in [9.17, 15) is 19.2 Å². The fraction of sp³-hybridized carbons (Fsp3) is 0.200. The van der Waals surface area contributed by atoms with Crippen LogP contribution in [0.1, 0.15) is 13.8 Å². The molecule has 2 N–H and O–H groups in total. The molecule has 3 aromatic rings. The van der Waals surface area contributed by atoms with Crippen LogP contribution in [0.5, 0.6) is 0 Å². The Morgan fingerprint density at radius 3 is 1.52 bits per heavy atom. The molecule has 0 spiro atoms. The Bertz CT molecular complexity index is 1000. The zero-order valence-electron chi connectivity index (χ0n) is 16.6. The van der Waals surface area contributed by atoms with Gasteiger partial charge in [-0.3, -0.25) is 9.59 Å². The number of rotatable bonds is 6. The highest BCUT2D eigenvalue weighted by Gasteiger charge is 2.28. The summed E-state index contributed by atoms with van der Waals surface area (Å²) in [4.78, 5) is 51.6. The van der Waals surface area contributed by atoms with Crippen molar-refractivity contribution >= 4 is 69.1 Å². The minimum Gasteiger partial charge on any atom is -0.459 e. The van der Waals surface area contributed by atoms with E-state index in [4.69, 9.17) is 9.47 Å². The summed E-state index contributed by atoms with van der Waals surface area (Å²) in [6.45, 7) is 3.26. The Balaban J connectivity index is 2.12. The summed E-state index contributed by atoms with van der Waals surface area (Å²) in [6, 6.07) is 7.40. The summed E-state index contributed by atoms with van der Waals surface area (Å²) in [5, 5.41) is 8.84. The second-order valence-corrected chi connectivity index (χ2v) is 8.73. The van der Waals surface area contributed by atoms with Crippen molar-refractivity contribution < 1.29 is 28.7 Å². The van der Waals surface area contributed by atoms with Gasteiger partial charge < -0.3 is 20.1 Å². The zero-order valence-corrected chi connectivity index (χ0v) is 19.0. The molecular formula is C20H18N2O6S3. The molecule has 0 atom stereocenters. The SMILES string of the molecule is CCOC(=O)C(=O)Nc1c(-c2cccs2)sc(-c2cccs2)c1NC(=O)C(=O)OCC. The Hall–Kier alpha value is -3.02. The molecule has 0 aromatic carbocycles. The average molecular weight is 479 g/mol. The van der Waals surface area contributed by atoms with E-state index in [2.05, 4.69) is 10.6 Å². The molecule has 0 aliphatic rings. The zero-order chi connectivity index (χ0) is 22.4. The molecule has 31 heavy (non-hydrogen) atoms. The van der Waals surface area contributed by atoms with Crippen LogP contribution in [0, 0.1) is 0 Å². The quantitative estimate of drug-likeness (QED) is 0.406. The van der Waals surface area contributed by atoms with Gasteiger partial charge in [0.25, 0.3) is 0 Å². The number of ether oxygens (including phenoxy) is 2. The van der Waals surface area contributed by atoms with Crippen molar-refractivity contribution in [3.63, 3.8) is 0 Å². The topological polar surface area (TPSA) is 111 Å². The molecule has 3 aromatic heterocycles. The number of carbonyl (C=O) groups excluding carboxylic acids is 4. The molecule has 0 aliphatic carbocycles. The molecule has 0 unspecified atom stereocenters. The van der Waals surface area contributed by atoms with Crippen LogP contribution in [0.15, 0.2) is 35.0 Å². The Labute approximate surface area is 189 Å². The summed E-state index contributed by atoms with van der Waals surface area (Å²) < 4.78 is 9.54. The molecule has 2 amide bonds. The van der Waals surface area contributed by atoms with Gasteiger partial charge in [0.15, 0.2) is 0 Å². The van der Waals surface area contributed by atoms with E-state index < -0.39 is 23.8 Å². The van der Waals surface area contributed by atoms with Gasteiger partial charge >= 0.3 is 23.8 Å². The Kier molecular flexibility index (Phi) is 7.55. The molecule has 3 heterocycles. The van der Waals surface area contributed by atoms with Crippen molar-refractivity contribution in [3.05, 3.63) is 35.0 Å². The van der Waals surface area contributed by atoms with E-state index in [0.29, 0.717) is 9.75 Å². The van der Waals surface area contributed by atoms with E-state index in [0.717, 1.165) is 9.75 Å². The smallest absolute Gasteiger partial charge is 0.397 e. The highest BCUT2D eigenvalue weighted by Crippen LogP contribution is 2.51. The van der Waals surface area contributed by atoms with Crippen LogP contribution < -0.4 is 10.6 Å². The molecule has 0 radical (unpaired) electrons. The lowest BCUT2D eigenvalue weighted by atomic mass is 10.2. The molecule has 8 nitrogen and oxygen atoms in total. The Morgan fingerprint density at radius 2 is 1.19 bits per heavy atom. The van der Waals surface area contributed by atoms with Crippen LogP contribution in [0.4, 0.5) is 11.4 Å². The maximum atomic E-state index is 12.4. The summed E-state index contributed by atoms with van der Waals surface area (Å²) in [5.74, 6) is -4.07. The second-order valence-electron chi connectivity index (χ2n) is 5.81. The molecular weight excluding hydrogens is 460 g/mol. The molecule has 0 aliphatic heterocycles. The molecule has 3 rings (SSSR count). The normalized spacial score (nSPS) is 10.4. The number of esters is 2. The second kappa shape index (κ2) is 10.3. The van der Waals surface area contributed by atoms with Gasteiger partial charge in [-0.15, -0.1) is 34.0 Å². The predicted molar refractivity (Wildman–Crippen MR) is 121 cm³/mol. The fourth-order valence-corrected chi connectivity index (χ4v) is 5.48. The number of hydrogen-bond acceptors (Lipinski definition) is 9. The first-order valence-electron chi connectivity index (χ1n) is 9.16. The van der Waals surface area contributed by atoms with Crippen LogP contribution in [0.2, 0.25) is 0 Å². The van der Waals surface area contributed by atoms with E-state index in [1.54, 1.807) is 13.8 Å². The molecule has 11 heteroatoms. The minimum atomic E-state index is -1.05. The standard InChI is InChI=1S/C20H18N2O6S3/c1-3-27-19(25)17(23)21-13-14(22-18(24)20(26)28-4-2)16(12-8-6-10-30-12)31-15(13)11-7-5-9-29-11/h5-10H,3-4H2,1-2H3,(H,21,23)(H,22,24). The molecule has 0 bridgehead atoms. The van der Waals surface area contributed by atoms with Gasteiger partial charge in [0.1, 0.15) is 0 Å². The van der Waals surface area contributed by atoms with Crippen molar-refractivity contribution in [1.29, 1.82) is 0 Å². The number of carbonyl (C=O) groups is 4. The fourth-order valence-electron chi connectivity index (χ4n) is 2.55. The van der Waals surface area contributed by atoms with Crippen LogP contribution in [0.3, 0.4) is 0 Å². The van der Waals surface area contributed by atoms with Gasteiger partial charge in [-0.25, -0.2) is 9.59 Å². The molecule has 0 saturated carbocycles. The van der Waals surface area contributed by atoms with Crippen molar-refractivity contribution in [3.8, 4) is 19.5 Å². The van der Waals surface area contributed by atoms with Crippen molar-refractivity contribution in [2.24, 2.45) is 0 Å². The van der Waals surface area contributed by atoms with Crippen LogP contribution in [-0.4, -0.2) is 37.0 Å². The molecule has 162 valence electrons. The van der Waals surface area contributed by atoms with Gasteiger partial charge in [-0.2, -0.15) is 0 Å². The van der Waals surface area contributed by atoms with Crippen LogP contribution >= 0.6 is 34.0 Å². The van der Waals surface area contributed by atoms with Gasteiger partial charge in [0.2, 0.25) is 0 Å². The van der Waals surface area contributed by atoms with Gasteiger partial charge in [-0.05, 0) is 36.7 Å². The monoisotopic (exact) mass is 478 g/mol. The maximum absolute atomic E-state index is 12.4. The van der Waals surface area contributed by atoms with Crippen molar-refractivity contribution in [1.82, 2.24) is 0 Å². The van der Waals surface area contributed by atoms with E-state index in [-0.39, 0.29) is 24.6 Å². The minimum absolute atomic E-state index is 0.0422. The lowest BCUT2D eigenvalue weighted by Gasteiger charge is -2.11. The lowest BCUT2D eigenvalue weighted by Crippen LogP contribution is -2.27. The highest BCUT2D eigenvalue weighted by molar-refractivity contribution is 7.27. The lowest BCUT2D eigenvalue weighted by molar-refractivity contribution is -0.152. The summed E-state index contributed by atoms with van der Waals surface area (Å²) in [6.07, 6.45) is 0. The predicted octanol–water partition coefficient (Wildman–Crippen LogP) is 4.21. The Morgan fingerprint density at radius 1 is 0.774 bits per heavy atom. The summed E-state index contributed by atoms with van der Waals surface area (Å²) >= 11 is 4.18. The van der Waals surface area contributed by atoms with Gasteiger partial charge in [-0.1, -0.05) is 12.1 Å². The average Bonchev–Trinajstić information content (AvgIpc) is 3.50. The van der Waals surface area contributed by atoms with E-state index in [1.807, 2.05) is 35.0 Å². The van der Waals surface area contributed by atoms with Gasteiger partial charge in [0.05, 0.1) is 34.3 Å². The number of hydrogen-bond donors (Lipinski definition) is 2. The summed E-state index contributed by atoms with van der Waals surface area (Å²) in [7, 11) is 0. The highest BCUT2D eigenvalue weighted by atomic mass is 32.1. The first-order chi connectivity index (χ1) is 15.0. The first kappa shape index (κ1) is 22.7. The largest absolute Gasteiger partial charge is 0.459 e. The third-order valence-corrected chi connectivity index (χ3v) is 7.09. The van der Waals surface area contributed by atoms with Crippen molar-refractivity contribution in [2.75, 3.05) is 23.8 Å². The van der Waals surface area contributed by atoms with Gasteiger partial charge in [0, 0.05) is 9.75 Å². The molecule has 0 fully saturated rings.